The number of carbonyl (C=O) groups excluding carboxylic acids is 1. The lowest BCUT2D eigenvalue weighted by Gasteiger charge is -2.22. The molecule has 0 bridgehead atoms. The highest BCUT2D eigenvalue weighted by Crippen LogP contribution is 2.37. The number of nitrogens with zero attached hydrogens (tertiary/aromatic N) is 4. The second-order valence-corrected chi connectivity index (χ2v) is 11.5. The van der Waals surface area contributed by atoms with Crippen LogP contribution in [0.25, 0.3) is 10.2 Å². The summed E-state index contributed by atoms with van der Waals surface area (Å²) in [4.78, 5) is 22.1. The zero-order valence-electron chi connectivity index (χ0n) is 20.4. The van der Waals surface area contributed by atoms with E-state index in [0.717, 1.165) is 17.5 Å². The molecule has 0 atom stereocenters. The van der Waals surface area contributed by atoms with Crippen molar-refractivity contribution in [1.29, 1.82) is 0 Å². The van der Waals surface area contributed by atoms with Crippen LogP contribution in [0.3, 0.4) is 0 Å². The molecule has 1 aliphatic heterocycles. The first-order valence-corrected chi connectivity index (χ1v) is 13.6. The van der Waals surface area contributed by atoms with Gasteiger partial charge in [0.2, 0.25) is 10.0 Å². The van der Waals surface area contributed by atoms with Crippen LogP contribution in [-0.2, 0) is 10.0 Å². The van der Waals surface area contributed by atoms with Crippen molar-refractivity contribution in [2.24, 2.45) is 0 Å². The van der Waals surface area contributed by atoms with Crippen LogP contribution in [0.1, 0.15) is 23.2 Å². The number of rotatable bonds is 9. The van der Waals surface area contributed by atoms with Crippen molar-refractivity contribution < 1.29 is 22.7 Å². The molecule has 3 aromatic rings. The summed E-state index contributed by atoms with van der Waals surface area (Å²) in [5.74, 6) is 0.920. The van der Waals surface area contributed by atoms with Gasteiger partial charge in [0.15, 0.2) is 16.6 Å². The number of thiazole rings is 1. The number of carbonyl (C=O) groups is 1. The summed E-state index contributed by atoms with van der Waals surface area (Å²) < 4.78 is 38.8. The van der Waals surface area contributed by atoms with Crippen LogP contribution < -0.4 is 14.4 Å². The van der Waals surface area contributed by atoms with E-state index >= 15 is 0 Å². The number of methoxy groups -OCH3 is 2. The van der Waals surface area contributed by atoms with Gasteiger partial charge in [0.25, 0.3) is 5.91 Å². The largest absolute Gasteiger partial charge is 0.493 e. The van der Waals surface area contributed by atoms with E-state index in [9.17, 15) is 13.2 Å². The van der Waals surface area contributed by atoms with E-state index in [1.54, 1.807) is 37.3 Å². The van der Waals surface area contributed by atoms with Crippen LogP contribution in [0.2, 0.25) is 0 Å². The average Bonchev–Trinajstić information content (AvgIpc) is 3.53. The third-order valence-electron chi connectivity index (χ3n) is 5.93. The van der Waals surface area contributed by atoms with E-state index in [-0.39, 0.29) is 10.8 Å². The van der Waals surface area contributed by atoms with E-state index in [1.807, 2.05) is 25.1 Å². The molecule has 188 valence electrons. The molecule has 0 spiro atoms. The first-order valence-electron chi connectivity index (χ1n) is 11.3. The number of fused-ring (bicyclic) bond motifs is 1. The van der Waals surface area contributed by atoms with Gasteiger partial charge in [-0.05, 0) is 51.2 Å². The monoisotopic (exact) mass is 518 g/mol. The van der Waals surface area contributed by atoms with E-state index in [0.29, 0.717) is 53.9 Å². The Labute approximate surface area is 209 Å². The smallest absolute Gasteiger partial charge is 0.260 e. The maximum absolute atomic E-state index is 13.6. The van der Waals surface area contributed by atoms with Gasteiger partial charge < -0.3 is 14.4 Å². The zero-order chi connectivity index (χ0) is 25.2. The van der Waals surface area contributed by atoms with Crippen LogP contribution in [0.15, 0.2) is 41.3 Å². The van der Waals surface area contributed by atoms with Gasteiger partial charge in [-0.2, -0.15) is 4.31 Å². The van der Waals surface area contributed by atoms with Gasteiger partial charge in [-0.25, -0.2) is 13.4 Å². The SMILES string of the molecule is COc1cc2nc(N(CCN(C)C)C(=O)c3ccc(S(=O)(=O)N4CCCC4)cc3)sc2cc1OC. The second-order valence-electron chi connectivity index (χ2n) is 8.57. The van der Waals surface area contributed by atoms with Crippen molar-refractivity contribution in [1.82, 2.24) is 14.2 Å². The number of likely N-dealkylation sites (N-methyl/N-ethyl adjacent to an activating group) is 1. The minimum atomic E-state index is -3.54. The first-order chi connectivity index (χ1) is 16.7. The topological polar surface area (TPSA) is 92.3 Å². The van der Waals surface area contributed by atoms with Gasteiger partial charge >= 0.3 is 0 Å². The summed E-state index contributed by atoms with van der Waals surface area (Å²) in [5.41, 5.74) is 1.11. The number of aromatic nitrogens is 1. The number of amides is 1. The normalized spacial score (nSPS) is 14.5. The fraction of sp³-hybridized carbons (Fsp3) is 0.417. The zero-order valence-corrected chi connectivity index (χ0v) is 22.0. The molecular weight excluding hydrogens is 488 g/mol. The lowest BCUT2D eigenvalue weighted by molar-refractivity contribution is 0.0985. The molecule has 0 saturated carbocycles. The van der Waals surface area contributed by atoms with Gasteiger partial charge in [0.1, 0.15) is 0 Å². The van der Waals surface area contributed by atoms with Crippen LogP contribution in [0, 0.1) is 0 Å². The van der Waals surface area contributed by atoms with Crippen LogP contribution in [0.4, 0.5) is 5.13 Å². The number of sulfonamides is 1. The van der Waals surface area contributed by atoms with Crippen LogP contribution in [-0.4, -0.2) is 83.0 Å². The fourth-order valence-corrected chi connectivity index (χ4v) is 6.46. The van der Waals surface area contributed by atoms with Crippen LogP contribution in [0.5, 0.6) is 11.5 Å². The highest BCUT2D eigenvalue weighted by atomic mass is 32.2. The molecule has 0 radical (unpaired) electrons. The van der Waals surface area contributed by atoms with Crippen molar-refractivity contribution in [2.75, 3.05) is 59.4 Å². The van der Waals surface area contributed by atoms with Gasteiger partial charge in [0.05, 0.1) is 29.3 Å². The summed E-state index contributed by atoms with van der Waals surface area (Å²) in [6.07, 6.45) is 1.74. The van der Waals surface area contributed by atoms with Crippen molar-refractivity contribution in [3.05, 3.63) is 42.0 Å². The van der Waals surface area contributed by atoms with E-state index in [1.165, 1.54) is 27.8 Å². The molecule has 1 aromatic heterocycles. The molecule has 0 aliphatic carbocycles. The van der Waals surface area contributed by atoms with Gasteiger partial charge in [-0.15, -0.1) is 0 Å². The van der Waals surface area contributed by atoms with Gasteiger partial charge in [-0.1, -0.05) is 11.3 Å². The Hall–Kier alpha value is -2.73. The average molecular weight is 519 g/mol. The molecule has 0 N–H and O–H groups in total. The predicted octanol–water partition coefficient (Wildman–Crippen LogP) is 3.31. The molecule has 1 amide bonds. The minimum Gasteiger partial charge on any atom is -0.493 e. The fourth-order valence-electron chi connectivity index (χ4n) is 3.95. The number of benzene rings is 2. The number of hydrogen-bond acceptors (Lipinski definition) is 8. The van der Waals surface area contributed by atoms with Gasteiger partial charge in [-0.3, -0.25) is 9.69 Å². The molecule has 0 unspecified atom stereocenters. The minimum absolute atomic E-state index is 0.204. The molecule has 9 nitrogen and oxygen atoms in total. The Kier molecular flexibility index (Phi) is 7.60. The summed E-state index contributed by atoms with van der Waals surface area (Å²) in [6, 6.07) is 9.82. The number of ether oxygens (including phenoxy) is 2. The lowest BCUT2D eigenvalue weighted by Crippen LogP contribution is -2.36. The Morgan fingerprint density at radius 3 is 2.26 bits per heavy atom. The maximum atomic E-state index is 13.6. The Morgan fingerprint density at radius 2 is 1.66 bits per heavy atom. The molecular formula is C24H30N4O5S2. The third-order valence-corrected chi connectivity index (χ3v) is 8.89. The summed E-state index contributed by atoms with van der Waals surface area (Å²) in [6.45, 7) is 2.13. The molecule has 1 fully saturated rings. The van der Waals surface area contributed by atoms with Crippen molar-refractivity contribution in [3.8, 4) is 11.5 Å². The van der Waals surface area contributed by atoms with Gasteiger partial charge in [0, 0.05) is 43.9 Å². The van der Waals surface area contributed by atoms with Crippen molar-refractivity contribution >= 4 is 42.6 Å². The summed E-state index contributed by atoms with van der Waals surface area (Å²) in [5, 5.41) is 0.552. The highest BCUT2D eigenvalue weighted by Gasteiger charge is 2.28. The maximum Gasteiger partial charge on any atom is 0.260 e. The summed E-state index contributed by atoms with van der Waals surface area (Å²) >= 11 is 1.39. The lowest BCUT2D eigenvalue weighted by atomic mass is 10.2. The quantitative estimate of drug-likeness (QED) is 0.429. The predicted molar refractivity (Wildman–Crippen MR) is 137 cm³/mol. The highest BCUT2D eigenvalue weighted by molar-refractivity contribution is 7.89. The van der Waals surface area contributed by atoms with Crippen molar-refractivity contribution in [2.45, 2.75) is 17.7 Å². The van der Waals surface area contributed by atoms with Crippen molar-refractivity contribution in [3.63, 3.8) is 0 Å². The summed E-state index contributed by atoms with van der Waals surface area (Å²) in [7, 11) is 3.48. The molecule has 4 rings (SSSR count). The Balaban J connectivity index is 1.65. The Bertz CT molecular complexity index is 1260. The standard InChI is InChI=1S/C24H30N4O5S2/c1-26(2)13-14-28(24-25-19-15-20(32-3)21(33-4)16-22(19)34-24)23(29)17-7-9-18(10-8-17)35(30,31)27-11-5-6-12-27/h7-10,15-16H,5-6,11-14H2,1-4H3. The number of anilines is 1. The molecule has 11 heteroatoms. The molecule has 1 saturated heterocycles. The first kappa shape index (κ1) is 25.4. The molecule has 2 heterocycles. The van der Waals surface area contributed by atoms with E-state index < -0.39 is 10.0 Å². The van der Waals surface area contributed by atoms with E-state index in [2.05, 4.69) is 0 Å². The molecule has 2 aromatic carbocycles. The third kappa shape index (κ3) is 5.27. The molecule has 35 heavy (non-hydrogen) atoms. The molecule has 1 aliphatic rings. The van der Waals surface area contributed by atoms with E-state index in [4.69, 9.17) is 14.5 Å². The number of hydrogen-bond donors (Lipinski definition) is 0. The van der Waals surface area contributed by atoms with Crippen LogP contribution >= 0.6 is 11.3 Å². The Morgan fingerprint density at radius 1 is 1.03 bits per heavy atom. The second kappa shape index (κ2) is 10.5.